The van der Waals surface area contributed by atoms with Crippen LogP contribution in [0.15, 0.2) is 46.4 Å². The lowest BCUT2D eigenvalue weighted by Crippen LogP contribution is -2.16. The van der Waals surface area contributed by atoms with Gasteiger partial charge in [0.1, 0.15) is 23.2 Å². The van der Waals surface area contributed by atoms with Crippen molar-refractivity contribution in [1.29, 1.82) is 5.26 Å². The average Bonchev–Trinajstić information content (AvgIpc) is 3.25. The molecule has 1 N–H and O–H groups in total. The van der Waals surface area contributed by atoms with Gasteiger partial charge in [-0.25, -0.2) is 4.39 Å². The number of nitriles is 1. The lowest BCUT2D eigenvalue weighted by molar-refractivity contribution is -0.112. The highest BCUT2D eigenvalue weighted by atomic mass is 19.1. The second-order valence-corrected chi connectivity index (χ2v) is 5.50. The Kier molecular flexibility index (Phi) is 4.62. The maximum atomic E-state index is 12.9. The van der Waals surface area contributed by atoms with Crippen molar-refractivity contribution in [2.45, 2.75) is 12.8 Å². The predicted molar refractivity (Wildman–Crippen MR) is 88.8 cm³/mol. The molecule has 1 aliphatic heterocycles. The Morgan fingerprint density at radius 2 is 1.92 bits per heavy atom. The Hall–Kier alpha value is -3.07. The number of halogens is 1. The second-order valence-electron chi connectivity index (χ2n) is 5.50. The van der Waals surface area contributed by atoms with Crippen molar-refractivity contribution < 1.29 is 13.6 Å². The summed E-state index contributed by atoms with van der Waals surface area (Å²) in [6.07, 6.45) is 3.67. The fourth-order valence-corrected chi connectivity index (χ4v) is 2.55. The number of hydrogen-bond acceptors (Lipinski definition) is 4. The van der Waals surface area contributed by atoms with Gasteiger partial charge < -0.3 is 14.6 Å². The molecular weight excluding hydrogens is 309 g/mol. The van der Waals surface area contributed by atoms with Crippen molar-refractivity contribution >= 4 is 23.6 Å². The summed E-state index contributed by atoms with van der Waals surface area (Å²) in [6, 6.07) is 10.8. The quantitative estimate of drug-likeness (QED) is 0.689. The molecule has 2 heterocycles. The van der Waals surface area contributed by atoms with E-state index in [1.807, 2.05) is 12.1 Å². The minimum Gasteiger partial charge on any atom is -0.441 e. The number of benzene rings is 1. The first kappa shape index (κ1) is 15.8. The van der Waals surface area contributed by atoms with Crippen LogP contribution in [0, 0.1) is 17.1 Å². The van der Waals surface area contributed by atoms with Crippen LogP contribution in [0.5, 0.6) is 0 Å². The zero-order valence-electron chi connectivity index (χ0n) is 13.0. The van der Waals surface area contributed by atoms with Gasteiger partial charge in [0.2, 0.25) is 0 Å². The maximum absolute atomic E-state index is 12.9. The highest BCUT2D eigenvalue weighted by Crippen LogP contribution is 2.24. The Morgan fingerprint density at radius 3 is 2.58 bits per heavy atom. The summed E-state index contributed by atoms with van der Waals surface area (Å²) < 4.78 is 18.6. The molecule has 0 unspecified atom stereocenters. The van der Waals surface area contributed by atoms with Crippen molar-refractivity contribution in [2.24, 2.45) is 0 Å². The van der Waals surface area contributed by atoms with Crippen molar-refractivity contribution in [3.8, 4) is 6.07 Å². The lowest BCUT2D eigenvalue weighted by Gasteiger charge is -2.12. The molecule has 5 nitrogen and oxygen atoms in total. The van der Waals surface area contributed by atoms with Gasteiger partial charge in [0.15, 0.2) is 5.88 Å². The molecular formula is C18H16FN3O2. The minimum atomic E-state index is -0.566. The number of carbonyl (C=O) groups is 1. The van der Waals surface area contributed by atoms with Crippen molar-refractivity contribution in [3.63, 3.8) is 0 Å². The fraction of sp³-hybridized carbons (Fsp3) is 0.222. The van der Waals surface area contributed by atoms with Crippen LogP contribution in [-0.4, -0.2) is 19.0 Å². The third-order valence-electron chi connectivity index (χ3n) is 3.78. The molecule has 0 spiro atoms. The summed E-state index contributed by atoms with van der Waals surface area (Å²) >= 11 is 0. The second kappa shape index (κ2) is 7.01. The first-order valence-corrected chi connectivity index (χ1v) is 7.69. The van der Waals surface area contributed by atoms with Gasteiger partial charge in [-0.1, -0.05) is 0 Å². The van der Waals surface area contributed by atoms with Gasteiger partial charge in [-0.15, -0.1) is 0 Å². The monoisotopic (exact) mass is 325 g/mol. The van der Waals surface area contributed by atoms with E-state index in [2.05, 4.69) is 10.2 Å². The maximum Gasteiger partial charge on any atom is 0.266 e. The summed E-state index contributed by atoms with van der Waals surface area (Å²) in [5, 5.41) is 11.8. The smallest absolute Gasteiger partial charge is 0.266 e. The number of nitrogens with one attached hydrogen (secondary N) is 1. The van der Waals surface area contributed by atoms with Crippen LogP contribution in [0.25, 0.3) is 6.08 Å². The van der Waals surface area contributed by atoms with E-state index in [4.69, 9.17) is 4.42 Å². The fourth-order valence-electron chi connectivity index (χ4n) is 2.55. The molecule has 1 saturated heterocycles. The molecule has 3 rings (SSSR count). The lowest BCUT2D eigenvalue weighted by atomic mass is 10.2. The Bertz CT molecular complexity index is 796. The third kappa shape index (κ3) is 3.63. The van der Waals surface area contributed by atoms with E-state index in [1.54, 1.807) is 6.07 Å². The van der Waals surface area contributed by atoms with Crippen molar-refractivity contribution in [2.75, 3.05) is 23.3 Å². The predicted octanol–water partition coefficient (Wildman–Crippen LogP) is 3.56. The van der Waals surface area contributed by atoms with Gasteiger partial charge in [-0.05, 0) is 43.2 Å². The van der Waals surface area contributed by atoms with Crippen LogP contribution in [0.1, 0.15) is 18.6 Å². The number of furan rings is 1. The summed E-state index contributed by atoms with van der Waals surface area (Å²) in [4.78, 5) is 14.3. The Morgan fingerprint density at radius 1 is 1.21 bits per heavy atom. The molecule has 0 aliphatic carbocycles. The molecule has 1 amide bonds. The molecule has 0 radical (unpaired) electrons. The average molecular weight is 325 g/mol. The molecule has 0 bridgehead atoms. The Labute approximate surface area is 139 Å². The normalized spacial score (nSPS) is 14.5. The van der Waals surface area contributed by atoms with Gasteiger partial charge in [0.05, 0.1) is 0 Å². The number of nitrogens with zero attached hydrogens (tertiary/aromatic N) is 2. The van der Waals surface area contributed by atoms with E-state index >= 15 is 0 Å². The van der Waals surface area contributed by atoms with Crippen LogP contribution in [-0.2, 0) is 4.79 Å². The summed E-state index contributed by atoms with van der Waals surface area (Å²) in [5.74, 6) is 0.231. The first-order chi connectivity index (χ1) is 11.7. The molecule has 0 atom stereocenters. The number of rotatable bonds is 4. The molecule has 6 heteroatoms. The van der Waals surface area contributed by atoms with E-state index in [-0.39, 0.29) is 5.57 Å². The van der Waals surface area contributed by atoms with E-state index in [9.17, 15) is 14.4 Å². The number of anilines is 2. The number of carbonyl (C=O) groups excluding carboxylic acids is 1. The van der Waals surface area contributed by atoms with Gasteiger partial charge in [-0.2, -0.15) is 5.26 Å². The van der Waals surface area contributed by atoms with E-state index < -0.39 is 11.7 Å². The highest BCUT2D eigenvalue weighted by Gasteiger charge is 2.16. The first-order valence-electron chi connectivity index (χ1n) is 7.69. The zero-order chi connectivity index (χ0) is 16.9. The van der Waals surface area contributed by atoms with Crippen LogP contribution in [0.4, 0.5) is 16.0 Å². The molecule has 24 heavy (non-hydrogen) atoms. The van der Waals surface area contributed by atoms with Crippen LogP contribution in [0.2, 0.25) is 0 Å². The zero-order valence-corrected chi connectivity index (χ0v) is 13.0. The molecule has 122 valence electrons. The van der Waals surface area contributed by atoms with Crippen LogP contribution in [0.3, 0.4) is 0 Å². The van der Waals surface area contributed by atoms with Crippen molar-refractivity contribution in [3.05, 3.63) is 53.5 Å². The van der Waals surface area contributed by atoms with Crippen molar-refractivity contribution in [1.82, 2.24) is 0 Å². The van der Waals surface area contributed by atoms with E-state index in [0.29, 0.717) is 11.4 Å². The SMILES string of the molecule is N#C/C(=C\c1ccc(N2CCCC2)o1)C(=O)Nc1ccc(F)cc1. The van der Waals surface area contributed by atoms with E-state index in [1.165, 1.54) is 30.3 Å². The molecule has 2 aromatic rings. The third-order valence-corrected chi connectivity index (χ3v) is 3.78. The summed E-state index contributed by atoms with van der Waals surface area (Å²) in [7, 11) is 0. The summed E-state index contributed by atoms with van der Waals surface area (Å²) in [6.45, 7) is 1.90. The number of amides is 1. The minimum absolute atomic E-state index is 0.0818. The Balaban J connectivity index is 1.72. The summed E-state index contributed by atoms with van der Waals surface area (Å²) in [5.41, 5.74) is 0.335. The largest absolute Gasteiger partial charge is 0.441 e. The topological polar surface area (TPSA) is 69.3 Å². The molecule has 1 aromatic carbocycles. The standard InChI is InChI=1S/C18H16FN3O2/c19-14-3-5-15(6-4-14)21-18(23)13(12-20)11-16-7-8-17(24-16)22-9-1-2-10-22/h3-8,11H,1-2,9-10H2,(H,21,23)/b13-11+. The molecule has 1 aromatic heterocycles. The molecule has 1 aliphatic rings. The van der Waals surface area contributed by atoms with Gasteiger partial charge in [-0.3, -0.25) is 4.79 Å². The molecule has 1 fully saturated rings. The highest BCUT2D eigenvalue weighted by molar-refractivity contribution is 6.09. The van der Waals surface area contributed by atoms with Gasteiger partial charge in [0, 0.05) is 30.9 Å². The van der Waals surface area contributed by atoms with E-state index in [0.717, 1.165) is 31.8 Å². The van der Waals surface area contributed by atoms with Crippen LogP contribution >= 0.6 is 0 Å². The van der Waals surface area contributed by atoms with Gasteiger partial charge in [0.25, 0.3) is 5.91 Å². The number of hydrogen-bond donors (Lipinski definition) is 1. The van der Waals surface area contributed by atoms with Gasteiger partial charge >= 0.3 is 0 Å². The molecule has 0 saturated carbocycles. The van der Waals surface area contributed by atoms with Crippen LogP contribution < -0.4 is 10.2 Å².